The number of halogens is 4. The molecule has 21 heavy (non-hydrogen) atoms. The molecule has 0 saturated heterocycles. The Balaban J connectivity index is 2.67. The van der Waals surface area contributed by atoms with Crippen LogP contribution in [-0.2, 0) is 6.54 Å². The third-order valence-electron chi connectivity index (χ3n) is 3.07. The van der Waals surface area contributed by atoms with Gasteiger partial charge in [-0.05, 0) is 11.5 Å². The predicted octanol–water partition coefficient (Wildman–Crippen LogP) is 4.14. The van der Waals surface area contributed by atoms with Crippen molar-refractivity contribution in [1.29, 1.82) is 0 Å². The molecule has 2 heterocycles. The number of pyridine rings is 1. The SMILES string of the molecule is CC(C)(C)Cn1cc([C@H](N)C(F)F)c2cc(F)c(Cl)nc21. The number of alkyl halides is 2. The molecular formula is C14H17ClF3N3. The van der Waals surface area contributed by atoms with Crippen molar-refractivity contribution in [2.24, 2.45) is 11.1 Å². The molecule has 116 valence electrons. The van der Waals surface area contributed by atoms with E-state index in [9.17, 15) is 13.2 Å². The number of nitrogens with two attached hydrogens (primary N) is 1. The van der Waals surface area contributed by atoms with Crippen molar-refractivity contribution in [1.82, 2.24) is 9.55 Å². The van der Waals surface area contributed by atoms with E-state index in [1.54, 1.807) is 4.57 Å². The summed E-state index contributed by atoms with van der Waals surface area (Å²) in [4.78, 5) is 3.97. The molecule has 0 amide bonds. The Labute approximate surface area is 125 Å². The molecule has 2 N–H and O–H groups in total. The van der Waals surface area contributed by atoms with Gasteiger partial charge in [0.1, 0.15) is 5.65 Å². The van der Waals surface area contributed by atoms with Crippen LogP contribution >= 0.6 is 11.6 Å². The van der Waals surface area contributed by atoms with Gasteiger partial charge in [-0.2, -0.15) is 0 Å². The van der Waals surface area contributed by atoms with E-state index < -0.39 is 18.3 Å². The zero-order valence-electron chi connectivity index (χ0n) is 12.0. The summed E-state index contributed by atoms with van der Waals surface area (Å²) in [6, 6.07) is -0.377. The minimum atomic E-state index is -2.74. The molecule has 0 unspecified atom stereocenters. The summed E-state index contributed by atoms with van der Waals surface area (Å²) >= 11 is 5.70. The van der Waals surface area contributed by atoms with Crippen LogP contribution in [-0.4, -0.2) is 16.0 Å². The van der Waals surface area contributed by atoms with Crippen LogP contribution in [0.15, 0.2) is 12.3 Å². The summed E-state index contributed by atoms with van der Waals surface area (Å²) < 4.78 is 41.1. The molecule has 0 aromatic carbocycles. The van der Waals surface area contributed by atoms with Crippen LogP contribution in [0.5, 0.6) is 0 Å². The van der Waals surface area contributed by atoms with Crippen LogP contribution in [0.4, 0.5) is 13.2 Å². The van der Waals surface area contributed by atoms with Gasteiger partial charge in [0, 0.05) is 23.7 Å². The molecule has 0 spiro atoms. The van der Waals surface area contributed by atoms with Gasteiger partial charge in [-0.15, -0.1) is 0 Å². The molecule has 0 aliphatic rings. The van der Waals surface area contributed by atoms with Crippen molar-refractivity contribution in [3.8, 4) is 0 Å². The Bertz CT molecular complexity index is 662. The average Bonchev–Trinajstić information content (AvgIpc) is 2.65. The van der Waals surface area contributed by atoms with E-state index in [1.807, 2.05) is 20.8 Å². The molecule has 2 aromatic rings. The predicted molar refractivity (Wildman–Crippen MR) is 77.1 cm³/mol. The normalized spacial score (nSPS) is 14.1. The number of fused-ring (bicyclic) bond motifs is 1. The highest BCUT2D eigenvalue weighted by Crippen LogP contribution is 2.31. The van der Waals surface area contributed by atoms with Crippen molar-refractivity contribution < 1.29 is 13.2 Å². The first-order valence-electron chi connectivity index (χ1n) is 6.48. The fourth-order valence-corrected chi connectivity index (χ4v) is 2.35. The van der Waals surface area contributed by atoms with E-state index in [2.05, 4.69) is 4.98 Å². The molecular weight excluding hydrogens is 303 g/mol. The molecule has 0 bridgehead atoms. The van der Waals surface area contributed by atoms with Gasteiger partial charge in [-0.1, -0.05) is 32.4 Å². The number of aromatic nitrogens is 2. The van der Waals surface area contributed by atoms with Crippen molar-refractivity contribution >= 4 is 22.6 Å². The quantitative estimate of drug-likeness (QED) is 0.864. The minimum absolute atomic E-state index is 0.110. The summed E-state index contributed by atoms with van der Waals surface area (Å²) in [7, 11) is 0. The second-order valence-corrected chi connectivity index (χ2v) is 6.62. The fraction of sp³-hybridized carbons (Fsp3) is 0.500. The van der Waals surface area contributed by atoms with Crippen LogP contribution in [0.3, 0.4) is 0 Å². The third-order valence-corrected chi connectivity index (χ3v) is 3.33. The van der Waals surface area contributed by atoms with Gasteiger partial charge in [0.05, 0.1) is 6.04 Å². The highest BCUT2D eigenvalue weighted by atomic mass is 35.5. The molecule has 2 aromatic heterocycles. The van der Waals surface area contributed by atoms with Crippen LogP contribution in [0.1, 0.15) is 32.4 Å². The highest BCUT2D eigenvalue weighted by Gasteiger charge is 2.25. The number of hydrogen-bond donors (Lipinski definition) is 1. The summed E-state index contributed by atoms with van der Waals surface area (Å²) in [5.41, 5.74) is 5.95. The number of nitrogens with zero attached hydrogens (tertiary/aromatic N) is 2. The maximum atomic E-state index is 13.6. The zero-order valence-corrected chi connectivity index (χ0v) is 12.8. The Hall–Kier alpha value is -1.27. The van der Waals surface area contributed by atoms with E-state index >= 15 is 0 Å². The van der Waals surface area contributed by atoms with Gasteiger partial charge < -0.3 is 10.3 Å². The molecule has 0 saturated carbocycles. The smallest absolute Gasteiger partial charge is 0.257 e. The van der Waals surface area contributed by atoms with Gasteiger partial charge in [0.15, 0.2) is 11.0 Å². The fourth-order valence-electron chi connectivity index (χ4n) is 2.22. The minimum Gasteiger partial charge on any atom is -0.332 e. The Morgan fingerprint density at radius 2 is 2.00 bits per heavy atom. The highest BCUT2D eigenvalue weighted by molar-refractivity contribution is 6.29. The van der Waals surface area contributed by atoms with E-state index in [0.717, 1.165) is 6.07 Å². The van der Waals surface area contributed by atoms with Crippen molar-refractivity contribution in [2.45, 2.75) is 39.8 Å². The third kappa shape index (κ3) is 3.32. The van der Waals surface area contributed by atoms with Gasteiger partial charge in [0.2, 0.25) is 0 Å². The first-order valence-corrected chi connectivity index (χ1v) is 6.86. The topological polar surface area (TPSA) is 43.8 Å². The van der Waals surface area contributed by atoms with Gasteiger partial charge >= 0.3 is 0 Å². The summed E-state index contributed by atoms with van der Waals surface area (Å²) in [6.07, 6.45) is -1.23. The largest absolute Gasteiger partial charge is 0.332 e. The maximum absolute atomic E-state index is 13.6. The van der Waals surface area contributed by atoms with Crippen molar-refractivity contribution in [2.75, 3.05) is 0 Å². The molecule has 0 radical (unpaired) electrons. The maximum Gasteiger partial charge on any atom is 0.257 e. The molecule has 0 aliphatic carbocycles. The lowest BCUT2D eigenvalue weighted by Gasteiger charge is -2.19. The van der Waals surface area contributed by atoms with Crippen LogP contribution < -0.4 is 5.73 Å². The van der Waals surface area contributed by atoms with Gasteiger partial charge in [-0.25, -0.2) is 18.2 Å². The molecule has 0 aliphatic heterocycles. The van der Waals surface area contributed by atoms with E-state index in [1.165, 1.54) is 6.20 Å². The lowest BCUT2D eigenvalue weighted by Crippen LogP contribution is -2.19. The monoisotopic (exact) mass is 319 g/mol. The van der Waals surface area contributed by atoms with Crippen LogP contribution in [0.25, 0.3) is 11.0 Å². The number of rotatable bonds is 3. The Morgan fingerprint density at radius 3 is 2.52 bits per heavy atom. The second-order valence-electron chi connectivity index (χ2n) is 6.27. The standard InChI is InChI=1S/C14H17ClF3N3/c1-14(2,3)6-21-5-8(10(19)12(17)18)7-4-9(16)11(15)20-13(7)21/h4-5,10,12H,6,19H2,1-3H3/t10-/m0/s1. The Morgan fingerprint density at radius 1 is 1.38 bits per heavy atom. The molecule has 7 heteroatoms. The summed E-state index contributed by atoms with van der Waals surface area (Å²) in [5.74, 6) is -0.750. The summed E-state index contributed by atoms with van der Waals surface area (Å²) in [6.45, 7) is 6.51. The van der Waals surface area contributed by atoms with E-state index in [-0.39, 0.29) is 21.5 Å². The zero-order chi connectivity index (χ0) is 15.9. The van der Waals surface area contributed by atoms with Crippen LogP contribution in [0, 0.1) is 11.2 Å². The molecule has 3 nitrogen and oxygen atoms in total. The molecule has 0 fully saturated rings. The van der Waals surface area contributed by atoms with Crippen molar-refractivity contribution in [3.63, 3.8) is 0 Å². The molecule has 1 atom stereocenters. The van der Waals surface area contributed by atoms with E-state index in [4.69, 9.17) is 17.3 Å². The van der Waals surface area contributed by atoms with Gasteiger partial charge in [-0.3, -0.25) is 0 Å². The average molecular weight is 320 g/mol. The Kier molecular flexibility index (Phi) is 4.22. The first-order chi connectivity index (χ1) is 9.60. The number of hydrogen-bond acceptors (Lipinski definition) is 2. The van der Waals surface area contributed by atoms with E-state index in [0.29, 0.717) is 12.2 Å². The first kappa shape index (κ1) is 16.1. The molecule has 2 rings (SSSR count). The summed E-state index contributed by atoms with van der Waals surface area (Å²) in [5, 5.41) is -0.0122. The van der Waals surface area contributed by atoms with Crippen LogP contribution in [0.2, 0.25) is 5.15 Å². The van der Waals surface area contributed by atoms with Gasteiger partial charge in [0.25, 0.3) is 6.43 Å². The van der Waals surface area contributed by atoms with Crippen molar-refractivity contribution in [3.05, 3.63) is 28.8 Å². The lowest BCUT2D eigenvalue weighted by atomic mass is 9.97. The second kappa shape index (κ2) is 5.50. The lowest BCUT2D eigenvalue weighted by molar-refractivity contribution is 0.117.